The molecule has 0 amide bonds. The fourth-order valence-corrected chi connectivity index (χ4v) is 2.34. The lowest BCUT2D eigenvalue weighted by atomic mass is 10.0. The van der Waals surface area contributed by atoms with Crippen LogP contribution in [0, 0.1) is 13.8 Å². The van der Waals surface area contributed by atoms with E-state index in [1.165, 1.54) is 16.8 Å². The summed E-state index contributed by atoms with van der Waals surface area (Å²) in [4.78, 5) is 0. The van der Waals surface area contributed by atoms with Crippen LogP contribution in [0.1, 0.15) is 28.6 Å². The van der Waals surface area contributed by atoms with E-state index in [0.717, 1.165) is 12.1 Å². The van der Waals surface area contributed by atoms with Gasteiger partial charge in [0, 0.05) is 25.2 Å². The smallest absolute Gasteiger partial charge is 0.0596 e. The predicted octanol–water partition coefficient (Wildman–Crippen LogP) is 2.54. The van der Waals surface area contributed by atoms with Gasteiger partial charge in [-0.3, -0.25) is 4.68 Å². The molecule has 1 N–H and O–H groups in total. The fraction of sp³-hybridized carbons (Fsp3) is 0.400. The molecular weight excluding hydrogens is 222 g/mol. The Morgan fingerprint density at radius 2 is 2.06 bits per heavy atom. The average Bonchev–Trinajstić information content (AvgIpc) is 2.64. The minimum atomic E-state index is 0.333. The molecule has 96 valence electrons. The Bertz CT molecular complexity index is 528. The first-order valence-corrected chi connectivity index (χ1v) is 6.33. The van der Waals surface area contributed by atoms with E-state index in [0.29, 0.717) is 6.04 Å². The van der Waals surface area contributed by atoms with Gasteiger partial charge in [-0.25, -0.2) is 0 Å². The van der Waals surface area contributed by atoms with E-state index in [9.17, 15) is 0 Å². The number of rotatable bonds is 4. The van der Waals surface area contributed by atoms with E-state index >= 15 is 0 Å². The molecule has 1 atom stereocenters. The molecule has 0 radical (unpaired) electrons. The van der Waals surface area contributed by atoms with E-state index in [4.69, 9.17) is 0 Å². The van der Waals surface area contributed by atoms with Crippen molar-refractivity contribution in [2.75, 3.05) is 7.05 Å². The van der Waals surface area contributed by atoms with Gasteiger partial charge < -0.3 is 5.32 Å². The zero-order valence-corrected chi connectivity index (χ0v) is 11.6. The van der Waals surface area contributed by atoms with Gasteiger partial charge in [0.1, 0.15) is 0 Å². The summed E-state index contributed by atoms with van der Waals surface area (Å²) in [6.07, 6.45) is 0.956. The maximum absolute atomic E-state index is 4.40. The van der Waals surface area contributed by atoms with Crippen LogP contribution in [0.2, 0.25) is 0 Å². The van der Waals surface area contributed by atoms with Crippen LogP contribution in [-0.4, -0.2) is 16.8 Å². The largest absolute Gasteiger partial charge is 0.313 e. The van der Waals surface area contributed by atoms with Gasteiger partial charge in [0.15, 0.2) is 0 Å². The molecule has 1 aromatic carbocycles. The van der Waals surface area contributed by atoms with Crippen LogP contribution in [0.15, 0.2) is 30.3 Å². The standard InChI is InChI=1S/C15H21N3/c1-11-6-5-7-13(8-11)15(16-3)10-14-9-12(2)17-18(14)4/h5-9,15-16H,10H2,1-4H3. The summed E-state index contributed by atoms with van der Waals surface area (Å²) in [6.45, 7) is 4.16. The Labute approximate surface area is 109 Å². The van der Waals surface area contributed by atoms with E-state index in [2.05, 4.69) is 47.7 Å². The highest BCUT2D eigenvalue weighted by Gasteiger charge is 2.13. The number of benzene rings is 1. The van der Waals surface area contributed by atoms with Crippen LogP contribution >= 0.6 is 0 Å². The molecule has 2 rings (SSSR count). The second kappa shape index (κ2) is 5.36. The third-order valence-electron chi connectivity index (χ3n) is 3.31. The second-order valence-electron chi connectivity index (χ2n) is 4.86. The summed E-state index contributed by atoms with van der Waals surface area (Å²) in [5.41, 5.74) is 4.96. The van der Waals surface area contributed by atoms with Crippen molar-refractivity contribution in [2.45, 2.75) is 26.3 Å². The minimum absolute atomic E-state index is 0.333. The molecule has 3 heteroatoms. The molecule has 1 aromatic heterocycles. The van der Waals surface area contributed by atoms with Gasteiger partial charge in [0.2, 0.25) is 0 Å². The van der Waals surface area contributed by atoms with Crippen molar-refractivity contribution in [3.05, 3.63) is 52.8 Å². The third-order valence-corrected chi connectivity index (χ3v) is 3.31. The van der Waals surface area contributed by atoms with Crippen molar-refractivity contribution in [2.24, 2.45) is 7.05 Å². The molecule has 0 aliphatic carbocycles. The molecule has 1 unspecified atom stereocenters. The molecule has 18 heavy (non-hydrogen) atoms. The van der Waals surface area contributed by atoms with Crippen LogP contribution in [0.25, 0.3) is 0 Å². The molecule has 3 nitrogen and oxygen atoms in total. The Hall–Kier alpha value is -1.61. The van der Waals surface area contributed by atoms with Crippen LogP contribution in [0.5, 0.6) is 0 Å². The maximum atomic E-state index is 4.40. The molecule has 0 saturated carbocycles. The van der Waals surface area contributed by atoms with E-state index in [-0.39, 0.29) is 0 Å². The van der Waals surface area contributed by atoms with Gasteiger partial charge >= 0.3 is 0 Å². The second-order valence-corrected chi connectivity index (χ2v) is 4.86. The van der Waals surface area contributed by atoms with Crippen molar-refractivity contribution in [3.63, 3.8) is 0 Å². The molecule has 0 aliphatic rings. The van der Waals surface area contributed by atoms with Crippen LogP contribution in [0.4, 0.5) is 0 Å². The number of hydrogen-bond acceptors (Lipinski definition) is 2. The third kappa shape index (κ3) is 2.79. The Kier molecular flexibility index (Phi) is 3.82. The summed E-state index contributed by atoms with van der Waals surface area (Å²) >= 11 is 0. The summed E-state index contributed by atoms with van der Waals surface area (Å²) in [5, 5.41) is 7.79. The van der Waals surface area contributed by atoms with Crippen molar-refractivity contribution in [1.29, 1.82) is 0 Å². The van der Waals surface area contributed by atoms with E-state index in [1.54, 1.807) is 0 Å². The van der Waals surface area contributed by atoms with Crippen molar-refractivity contribution < 1.29 is 0 Å². The Morgan fingerprint density at radius 1 is 1.28 bits per heavy atom. The summed E-state index contributed by atoms with van der Waals surface area (Å²) < 4.78 is 1.97. The van der Waals surface area contributed by atoms with Gasteiger partial charge in [-0.05, 0) is 32.5 Å². The fourth-order valence-electron chi connectivity index (χ4n) is 2.34. The monoisotopic (exact) mass is 243 g/mol. The SMILES string of the molecule is CNC(Cc1cc(C)nn1C)c1cccc(C)c1. The topological polar surface area (TPSA) is 29.9 Å². The number of nitrogens with one attached hydrogen (secondary N) is 1. The van der Waals surface area contributed by atoms with Crippen molar-refractivity contribution in [1.82, 2.24) is 15.1 Å². The number of aryl methyl sites for hydroxylation is 3. The first kappa shape index (κ1) is 12.8. The molecule has 2 aromatic rings. The maximum Gasteiger partial charge on any atom is 0.0596 e. The highest BCUT2D eigenvalue weighted by molar-refractivity contribution is 5.26. The first-order valence-electron chi connectivity index (χ1n) is 6.33. The van der Waals surface area contributed by atoms with Crippen LogP contribution in [-0.2, 0) is 13.5 Å². The van der Waals surface area contributed by atoms with Gasteiger partial charge in [-0.2, -0.15) is 5.10 Å². The van der Waals surface area contributed by atoms with Gasteiger partial charge in [0.25, 0.3) is 0 Å². The Balaban J connectivity index is 2.22. The normalized spacial score (nSPS) is 12.7. The zero-order valence-electron chi connectivity index (χ0n) is 11.6. The molecule has 0 saturated heterocycles. The highest BCUT2D eigenvalue weighted by Crippen LogP contribution is 2.19. The Morgan fingerprint density at radius 3 is 2.61 bits per heavy atom. The lowest BCUT2D eigenvalue weighted by Crippen LogP contribution is -2.20. The number of hydrogen-bond donors (Lipinski definition) is 1. The molecular formula is C15H21N3. The first-order chi connectivity index (χ1) is 8.60. The zero-order chi connectivity index (χ0) is 13.1. The average molecular weight is 243 g/mol. The summed E-state index contributed by atoms with van der Waals surface area (Å²) in [5.74, 6) is 0. The van der Waals surface area contributed by atoms with E-state index < -0.39 is 0 Å². The van der Waals surface area contributed by atoms with Crippen LogP contribution < -0.4 is 5.32 Å². The minimum Gasteiger partial charge on any atom is -0.313 e. The van der Waals surface area contributed by atoms with Crippen molar-refractivity contribution >= 4 is 0 Å². The summed E-state index contributed by atoms with van der Waals surface area (Å²) in [7, 11) is 4.02. The van der Waals surface area contributed by atoms with Crippen LogP contribution in [0.3, 0.4) is 0 Å². The van der Waals surface area contributed by atoms with Crippen molar-refractivity contribution in [3.8, 4) is 0 Å². The number of nitrogens with zero attached hydrogens (tertiary/aromatic N) is 2. The molecule has 1 heterocycles. The predicted molar refractivity (Wildman–Crippen MR) is 74.6 cm³/mol. The van der Waals surface area contributed by atoms with Gasteiger partial charge in [-0.15, -0.1) is 0 Å². The summed E-state index contributed by atoms with van der Waals surface area (Å²) in [6, 6.07) is 11.1. The quantitative estimate of drug-likeness (QED) is 0.894. The molecule has 0 aliphatic heterocycles. The molecule has 0 bridgehead atoms. The van der Waals surface area contributed by atoms with Gasteiger partial charge in [0.05, 0.1) is 5.69 Å². The lowest BCUT2D eigenvalue weighted by Gasteiger charge is -2.17. The molecule has 0 fully saturated rings. The van der Waals surface area contributed by atoms with Gasteiger partial charge in [-0.1, -0.05) is 29.8 Å². The van der Waals surface area contributed by atoms with E-state index in [1.807, 2.05) is 25.7 Å². The number of likely N-dealkylation sites (N-methyl/N-ethyl adjacent to an activating group) is 1. The molecule has 0 spiro atoms. The highest BCUT2D eigenvalue weighted by atomic mass is 15.3. The number of aromatic nitrogens is 2. The lowest BCUT2D eigenvalue weighted by molar-refractivity contribution is 0.561.